The lowest BCUT2D eigenvalue weighted by Gasteiger charge is -2.32. The van der Waals surface area contributed by atoms with Crippen molar-refractivity contribution in [2.75, 3.05) is 40.8 Å². The lowest BCUT2D eigenvalue weighted by atomic mass is 9.96. The topological polar surface area (TPSA) is 77.8 Å². The van der Waals surface area contributed by atoms with Crippen molar-refractivity contribution < 1.29 is 14.0 Å². The standard InChI is InChI=1S/C16H26N4O3/c1-17-15(21)12-6-8-20(9-7-12)16(22)18-11-13(19(2)3)14-5-4-10-23-14/h4-5,10,12-13H,6-9,11H2,1-3H3,(H,17,21)(H,18,22). The van der Waals surface area contributed by atoms with Gasteiger partial charge in [0.15, 0.2) is 0 Å². The molecule has 0 aromatic carbocycles. The molecule has 3 amide bonds. The molecule has 1 aliphatic heterocycles. The van der Waals surface area contributed by atoms with Crippen molar-refractivity contribution in [2.45, 2.75) is 18.9 Å². The molecule has 1 saturated heterocycles. The molecule has 128 valence electrons. The Morgan fingerprint density at radius 3 is 2.61 bits per heavy atom. The number of carbonyl (C=O) groups excluding carboxylic acids is 2. The minimum atomic E-state index is -0.0845. The average Bonchev–Trinajstić information content (AvgIpc) is 3.08. The Morgan fingerprint density at radius 1 is 1.39 bits per heavy atom. The minimum Gasteiger partial charge on any atom is -0.468 e. The van der Waals surface area contributed by atoms with Crippen molar-refractivity contribution in [3.05, 3.63) is 24.2 Å². The summed E-state index contributed by atoms with van der Waals surface area (Å²) in [6, 6.07) is 3.67. The second kappa shape index (κ2) is 8.01. The second-order valence-electron chi connectivity index (χ2n) is 6.06. The summed E-state index contributed by atoms with van der Waals surface area (Å²) in [5, 5.41) is 5.64. The lowest BCUT2D eigenvalue weighted by Crippen LogP contribution is -2.48. The molecular weight excluding hydrogens is 296 g/mol. The summed E-state index contributed by atoms with van der Waals surface area (Å²) < 4.78 is 5.44. The van der Waals surface area contributed by atoms with Crippen LogP contribution >= 0.6 is 0 Å². The Morgan fingerprint density at radius 2 is 2.09 bits per heavy atom. The highest BCUT2D eigenvalue weighted by Crippen LogP contribution is 2.19. The van der Waals surface area contributed by atoms with Gasteiger partial charge in [-0.1, -0.05) is 0 Å². The van der Waals surface area contributed by atoms with Crippen molar-refractivity contribution in [3.8, 4) is 0 Å². The van der Waals surface area contributed by atoms with Gasteiger partial charge in [0.25, 0.3) is 0 Å². The first-order valence-electron chi connectivity index (χ1n) is 7.97. The van der Waals surface area contributed by atoms with Crippen LogP contribution in [-0.4, -0.2) is 62.5 Å². The van der Waals surface area contributed by atoms with E-state index in [1.165, 1.54) is 0 Å². The molecular formula is C16H26N4O3. The molecule has 0 spiro atoms. The third-order valence-corrected chi connectivity index (χ3v) is 4.34. The number of piperidine rings is 1. The molecule has 2 N–H and O–H groups in total. The summed E-state index contributed by atoms with van der Waals surface area (Å²) in [6.45, 7) is 1.70. The van der Waals surface area contributed by atoms with Gasteiger partial charge in [-0.05, 0) is 39.1 Å². The SMILES string of the molecule is CNC(=O)C1CCN(C(=O)NCC(c2ccco2)N(C)C)CC1. The number of rotatable bonds is 5. The summed E-state index contributed by atoms with van der Waals surface area (Å²) in [5.41, 5.74) is 0. The van der Waals surface area contributed by atoms with Crippen LogP contribution in [0.4, 0.5) is 4.79 Å². The van der Waals surface area contributed by atoms with Gasteiger partial charge in [-0.15, -0.1) is 0 Å². The molecule has 0 saturated carbocycles. The van der Waals surface area contributed by atoms with Crippen molar-refractivity contribution >= 4 is 11.9 Å². The van der Waals surface area contributed by atoms with Gasteiger partial charge in [0.1, 0.15) is 5.76 Å². The van der Waals surface area contributed by atoms with E-state index in [2.05, 4.69) is 10.6 Å². The number of urea groups is 1. The first kappa shape index (κ1) is 17.3. The molecule has 1 aromatic heterocycles. The van der Waals surface area contributed by atoms with Gasteiger partial charge >= 0.3 is 6.03 Å². The van der Waals surface area contributed by atoms with E-state index in [1.54, 1.807) is 18.2 Å². The number of likely N-dealkylation sites (tertiary alicyclic amines) is 1. The number of nitrogens with zero attached hydrogens (tertiary/aromatic N) is 2. The van der Waals surface area contributed by atoms with E-state index in [4.69, 9.17) is 4.42 Å². The molecule has 7 heteroatoms. The average molecular weight is 322 g/mol. The summed E-state index contributed by atoms with van der Waals surface area (Å²) in [4.78, 5) is 27.7. The van der Waals surface area contributed by atoms with Crippen LogP contribution in [0, 0.1) is 5.92 Å². The quantitative estimate of drug-likeness (QED) is 0.849. The van der Waals surface area contributed by atoms with Crippen molar-refractivity contribution in [1.82, 2.24) is 20.4 Å². The maximum atomic E-state index is 12.3. The molecule has 2 heterocycles. The summed E-state index contributed by atoms with van der Waals surface area (Å²) >= 11 is 0. The number of furan rings is 1. The van der Waals surface area contributed by atoms with Crippen molar-refractivity contribution in [2.24, 2.45) is 5.92 Å². The number of carbonyl (C=O) groups is 2. The maximum absolute atomic E-state index is 12.3. The van der Waals surface area contributed by atoms with Gasteiger partial charge in [0, 0.05) is 32.6 Å². The zero-order valence-electron chi connectivity index (χ0n) is 14.0. The van der Waals surface area contributed by atoms with Crippen LogP contribution in [-0.2, 0) is 4.79 Å². The first-order chi connectivity index (χ1) is 11.0. The summed E-state index contributed by atoms with van der Waals surface area (Å²) in [7, 11) is 5.56. The van der Waals surface area contributed by atoms with Gasteiger partial charge in [-0.3, -0.25) is 9.69 Å². The van der Waals surface area contributed by atoms with Gasteiger partial charge in [0.2, 0.25) is 5.91 Å². The molecule has 1 atom stereocenters. The third kappa shape index (κ3) is 4.48. The zero-order chi connectivity index (χ0) is 16.8. The monoisotopic (exact) mass is 322 g/mol. The van der Waals surface area contributed by atoms with Crippen molar-refractivity contribution in [1.29, 1.82) is 0 Å². The lowest BCUT2D eigenvalue weighted by molar-refractivity contribution is -0.125. The van der Waals surface area contributed by atoms with Crippen LogP contribution in [0.1, 0.15) is 24.6 Å². The van der Waals surface area contributed by atoms with E-state index in [0.29, 0.717) is 32.5 Å². The Labute approximate surface area is 137 Å². The molecule has 0 radical (unpaired) electrons. The number of nitrogens with one attached hydrogen (secondary N) is 2. The van der Waals surface area contributed by atoms with Gasteiger partial charge < -0.3 is 20.0 Å². The zero-order valence-corrected chi connectivity index (χ0v) is 14.0. The fraction of sp³-hybridized carbons (Fsp3) is 0.625. The van der Waals surface area contributed by atoms with E-state index in [9.17, 15) is 9.59 Å². The summed E-state index contributed by atoms with van der Waals surface area (Å²) in [5.74, 6) is 0.908. The highest BCUT2D eigenvalue weighted by Gasteiger charge is 2.27. The molecule has 1 unspecified atom stereocenters. The van der Waals surface area contributed by atoms with Gasteiger partial charge in [0.05, 0.1) is 12.3 Å². The van der Waals surface area contributed by atoms with Crippen LogP contribution in [0.15, 0.2) is 22.8 Å². The molecule has 7 nitrogen and oxygen atoms in total. The molecule has 0 aliphatic carbocycles. The van der Waals surface area contributed by atoms with Gasteiger partial charge in [-0.2, -0.15) is 0 Å². The Hall–Kier alpha value is -2.02. The Balaban J connectivity index is 1.82. The molecule has 1 aromatic rings. The molecule has 1 aliphatic rings. The highest BCUT2D eigenvalue weighted by molar-refractivity contribution is 5.79. The Bertz CT molecular complexity index is 507. The predicted molar refractivity (Wildman–Crippen MR) is 86.9 cm³/mol. The van der Waals surface area contributed by atoms with E-state index >= 15 is 0 Å². The van der Waals surface area contributed by atoms with Crippen LogP contribution in [0.5, 0.6) is 0 Å². The molecule has 2 rings (SSSR count). The van der Waals surface area contributed by atoms with Crippen LogP contribution < -0.4 is 10.6 Å². The molecule has 23 heavy (non-hydrogen) atoms. The molecule has 1 fully saturated rings. The first-order valence-corrected chi connectivity index (χ1v) is 7.97. The second-order valence-corrected chi connectivity index (χ2v) is 6.06. The normalized spacial score (nSPS) is 17.1. The van der Waals surface area contributed by atoms with E-state index in [-0.39, 0.29) is 23.9 Å². The van der Waals surface area contributed by atoms with E-state index < -0.39 is 0 Å². The summed E-state index contributed by atoms with van der Waals surface area (Å²) in [6.07, 6.45) is 3.06. The number of amides is 3. The smallest absolute Gasteiger partial charge is 0.317 e. The minimum absolute atomic E-state index is 0.00245. The fourth-order valence-electron chi connectivity index (χ4n) is 2.86. The van der Waals surface area contributed by atoms with Crippen LogP contribution in [0.3, 0.4) is 0 Å². The van der Waals surface area contributed by atoms with E-state index in [1.807, 2.05) is 31.1 Å². The number of likely N-dealkylation sites (N-methyl/N-ethyl adjacent to an activating group) is 1. The fourth-order valence-corrected chi connectivity index (χ4v) is 2.86. The van der Waals surface area contributed by atoms with Crippen LogP contribution in [0.25, 0.3) is 0 Å². The molecule has 0 bridgehead atoms. The largest absolute Gasteiger partial charge is 0.468 e. The third-order valence-electron chi connectivity index (χ3n) is 4.34. The van der Waals surface area contributed by atoms with E-state index in [0.717, 1.165) is 5.76 Å². The maximum Gasteiger partial charge on any atom is 0.317 e. The highest BCUT2D eigenvalue weighted by atomic mass is 16.3. The number of hydrogen-bond acceptors (Lipinski definition) is 4. The van der Waals surface area contributed by atoms with Crippen LogP contribution in [0.2, 0.25) is 0 Å². The Kier molecular flexibility index (Phi) is 6.04. The predicted octanol–water partition coefficient (Wildman–Crippen LogP) is 1.05. The number of hydrogen-bond donors (Lipinski definition) is 2. The van der Waals surface area contributed by atoms with Crippen molar-refractivity contribution in [3.63, 3.8) is 0 Å². The van der Waals surface area contributed by atoms with Gasteiger partial charge in [-0.25, -0.2) is 4.79 Å².